The fourth-order valence-corrected chi connectivity index (χ4v) is 0. The van der Waals surface area contributed by atoms with Crippen LogP contribution in [0.25, 0.3) is 0 Å². The van der Waals surface area contributed by atoms with Crippen molar-refractivity contribution in [2.75, 3.05) is 0 Å². The van der Waals surface area contributed by atoms with Gasteiger partial charge in [0, 0.05) is 31.1 Å². The third-order valence-electron chi connectivity index (χ3n) is 0. The molecule has 0 saturated carbocycles. The van der Waals surface area contributed by atoms with Crippen molar-refractivity contribution >= 4 is 45.6 Å². The van der Waals surface area contributed by atoms with E-state index in [9.17, 15) is 0 Å². The summed E-state index contributed by atoms with van der Waals surface area (Å²) < 4.78 is 8.88. The van der Waals surface area contributed by atoms with Gasteiger partial charge in [-0.2, -0.15) is 0 Å². The first-order valence-electron chi connectivity index (χ1n) is 0.783. The molecule has 0 saturated heterocycles. The summed E-state index contributed by atoms with van der Waals surface area (Å²) in [5.74, 6) is 0. The minimum absolute atomic E-state index is 0. The topological polar surface area (TPSA) is 77.8 Å². The molecular formula is H5CaO4PU. The maximum absolute atomic E-state index is 8.88. The van der Waals surface area contributed by atoms with Gasteiger partial charge in [-0.15, -0.1) is 0 Å². The van der Waals surface area contributed by atoms with Crippen molar-refractivity contribution in [3.05, 3.63) is 0 Å². The molecule has 0 amide bonds. The molecule has 0 aromatic heterocycles. The van der Waals surface area contributed by atoms with Crippen molar-refractivity contribution < 1.29 is 53.2 Å². The maximum Gasteiger partial charge on any atom is 2.00 e. The molecule has 0 spiro atoms. The number of phosphoric acid groups is 1. The average molecular weight is 378 g/mol. The van der Waals surface area contributed by atoms with Crippen molar-refractivity contribution in [2.24, 2.45) is 0 Å². The van der Waals surface area contributed by atoms with Crippen LogP contribution in [0.5, 0.6) is 0 Å². The Morgan fingerprint density at radius 3 is 1.29 bits per heavy atom. The Kier molecular flexibility index (Phi) is 15.1. The van der Waals surface area contributed by atoms with Crippen molar-refractivity contribution in [2.45, 2.75) is 0 Å². The molecular weight excluding hydrogens is 373 g/mol. The van der Waals surface area contributed by atoms with Crippen LogP contribution in [-0.2, 0) is 4.57 Å². The van der Waals surface area contributed by atoms with Gasteiger partial charge in [0.2, 0.25) is 0 Å². The van der Waals surface area contributed by atoms with Gasteiger partial charge >= 0.3 is 45.6 Å². The Morgan fingerprint density at radius 1 is 1.29 bits per heavy atom. The van der Waals surface area contributed by atoms with Gasteiger partial charge in [-0.3, -0.25) is 0 Å². The van der Waals surface area contributed by atoms with E-state index >= 15 is 0 Å². The van der Waals surface area contributed by atoms with Crippen LogP contribution in [0.4, 0.5) is 0 Å². The van der Waals surface area contributed by atoms with E-state index in [0.29, 0.717) is 0 Å². The zero-order valence-corrected chi connectivity index (χ0v) is 10.7. The van der Waals surface area contributed by atoms with Crippen LogP contribution < -0.4 is 0 Å². The average Bonchev–Trinajstić information content (AvgIpc) is 0.722. The van der Waals surface area contributed by atoms with Crippen LogP contribution in [-0.4, -0.2) is 52.4 Å². The minimum Gasteiger partial charge on any atom is -1.00 e. The van der Waals surface area contributed by atoms with E-state index in [-0.39, 0.29) is 71.7 Å². The summed E-state index contributed by atoms with van der Waals surface area (Å²) in [6, 6.07) is 0. The number of rotatable bonds is 0. The predicted octanol–water partition coefficient (Wildman–Crippen LogP) is -1.08. The molecule has 7 heteroatoms. The summed E-state index contributed by atoms with van der Waals surface area (Å²) in [5, 5.41) is 0. The molecule has 0 aromatic rings. The van der Waals surface area contributed by atoms with Gasteiger partial charge in [0.25, 0.3) is 0 Å². The van der Waals surface area contributed by atoms with Crippen LogP contribution >= 0.6 is 7.82 Å². The molecule has 0 fully saturated rings. The van der Waals surface area contributed by atoms with Gasteiger partial charge in [-0.05, 0) is 0 Å². The van der Waals surface area contributed by atoms with E-state index in [1.54, 1.807) is 0 Å². The van der Waals surface area contributed by atoms with E-state index in [4.69, 9.17) is 19.2 Å². The zero-order chi connectivity index (χ0) is 4.50. The van der Waals surface area contributed by atoms with E-state index in [1.807, 2.05) is 0 Å². The second kappa shape index (κ2) is 6.54. The third kappa shape index (κ3) is 59.2. The van der Waals surface area contributed by atoms with Crippen LogP contribution in [0.1, 0.15) is 2.85 Å². The Balaban J connectivity index is -0.0000000133. The van der Waals surface area contributed by atoms with Crippen molar-refractivity contribution in [1.82, 2.24) is 0 Å². The van der Waals surface area contributed by atoms with Gasteiger partial charge in [-0.25, -0.2) is 4.57 Å². The molecule has 0 aromatic carbocycles. The Hall–Kier alpha value is 2.42. The predicted molar refractivity (Wildman–Crippen MR) is 22.2 cm³/mol. The normalized spacial score (nSPS) is 8.43. The first-order valence-corrected chi connectivity index (χ1v) is 2.35. The molecule has 0 aliphatic rings. The molecule has 0 aliphatic heterocycles. The maximum atomic E-state index is 8.88. The molecule has 0 heterocycles. The molecule has 0 atom stereocenters. The van der Waals surface area contributed by atoms with Crippen LogP contribution in [0, 0.1) is 31.1 Å². The summed E-state index contributed by atoms with van der Waals surface area (Å²) >= 11 is 0. The molecule has 0 rings (SSSR count). The SMILES string of the molecule is O=P(O)(O)O.[Ca+2].[H-].[H-].[U]. The van der Waals surface area contributed by atoms with E-state index in [0.717, 1.165) is 0 Å². The first-order chi connectivity index (χ1) is 2.00. The van der Waals surface area contributed by atoms with Gasteiger partial charge < -0.3 is 17.5 Å². The standard InChI is InChI=1S/Ca.H3O4P.U.2H/c;1-5(2,3)4;;;/h;(H3,1,2,3,4);;;/q+2;;;2*-1. The number of hydrogen-bond donors (Lipinski definition) is 3. The second-order valence-electron chi connectivity index (χ2n) is 0.513. The largest absolute Gasteiger partial charge is 2.00 e. The van der Waals surface area contributed by atoms with Crippen LogP contribution in [0.2, 0.25) is 0 Å². The summed E-state index contributed by atoms with van der Waals surface area (Å²) in [6.45, 7) is 0. The van der Waals surface area contributed by atoms with E-state index < -0.39 is 7.82 Å². The second-order valence-corrected chi connectivity index (χ2v) is 1.54. The third-order valence-corrected chi connectivity index (χ3v) is 0. The fourth-order valence-electron chi connectivity index (χ4n) is 0. The monoisotopic (exact) mass is 378 g/mol. The smallest absolute Gasteiger partial charge is 1.00 e. The summed E-state index contributed by atoms with van der Waals surface area (Å²) in [6.07, 6.45) is 0. The van der Waals surface area contributed by atoms with Crippen molar-refractivity contribution in [3.63, 3.8) is 0 Å². The molecule has 3 N–H and O–H groups in total. The molecule has 40 valence electrons. The first kappa shape index (κ1) is 16.2. The zero-order valence-electron chi connectivity index (χ0n) is 5.40. The molecule has 0 radical (unpaired) electrons. The summed E-state index contributed by atoms with van der Waals surface area (Å²) in [5.41, 5.74) is 0. The van der Waals surface area contributed by atoms with E-state index in [2.05, 4.69) is 0 Å². The van der Waals surface area contributed by atoms with Gasteiger partial charge in [0.1, 0.15) is 0 Å². The summed E-state index contributed by atoms with van der Waals surface area (Å²) in [7, 11) is -4.64. The fraction of sp³-hybridized carbons (Fsp3) is 0. The van der Waals surface area contributed by atoms with Gasteiger partial charge in [0.05, 0.1) is 0 Å². The quantitative estimate of drug-likeness (QED) is 0.370. The van der Waals surface area contributed by atoms with Crippen molar-refractivity contribution in [1.29, 1.82) is 0 Å². The van der Waals surface area contributed by atoms with Crippen molar-refractivity contribution in [3.8, 4) is 0 Å². The van der Waals surface area contributed by atoms with Gasteiger partial charge in [-0.1, -0.05) is 0 Å². The minimum atomic E-state index is -4.64. The molecule has 0 bridgehead atoms. The van der Waals surface area contributed by atoms with Crippen LogP contribution in [0.3, 0.4) is 0 Å². The molecule has 0 unspecified atom stereocenters. The number of hydrogen-bond acceptors (Lipinski definition) is 1. The Labute approximate surface area is 97.3 Å². The molecule has 7 heavy (non-hydrogen) atoms. The summed E-state index contributed by atoms with van der Waals surface area (Å²) in [4.78, 5) is 21.6. The Morgan fingerprint density at radius 2 is 1.29 bits per heavy atom. The molecule has 4 nitrogen and oxygen atoms in total. The Bertz CT molecular complexity index is 64.7. The van der Waals surface area contributed by atoms with Crippen LogP contribution in [0.15, 0.2) is 0 Å². The van der Waals surface area contributed by atoms with E-state index in [1.165, 1.54) is 0 Å². The molecule has 0 aliphatic carbocycles. The van der Waals surface area contributed by atoms with Gasteiger partial charge in [0.15, 0.2) is 0 Å².